The Morgan fingerprint density at radius 2 is 2.67 bits per heavy atom. The molecule has 0 saturated heterocycles. The summed E-state index contributed by atoms with van der Waals surface area (Å²) in [7, 11) is 0. The van der Waals surface area contributed by atoms with Crippen molar-refractivity contribution in [3.63, 3.8) is 0 Å². The van der Waals surface area contributed by atoms with Crippen molar-refractivity contribution < 1.29 is 14.7 Å². The summed E-state index contributed by atoms with van der Waals surface area (Å²) in [6.07, 6.45) is 1.03. The lowest BCUT2D eigenvalue weighted by Crippen LogP contribution is -2.04. The fourth-order valence-corrected chi connectivity index (χ4v) is 0.179. The minimum atomic E-state index is -1.18. The van der Waals surface area contributed by atoms with Crippen LogP contribution in [0, 0.1) is 0 Å². The van der Waals surface area contributed by atoms with E-state index in [0.29, 0.717) is 0 Å². The monoisotopic (exact) mass is 89.0 g/mol. The van der Waals surface area contributed by atoms with E-state index in [4.69, 9.17) is 5.11 Å². The average molecular weight is 89.0 g/mol. The highest BCUT2D eigenvalue weighted by atomic mass is 16.9. The number of hydrogen-bond acceptors (Lipinski definition) is 4. The highest BCUT2D eigenvalue weighted by molar-refractivity contribution is 5.46. The molecule has 34 valence electrons. The van der Waals surface area contributed by atoms with Crippen molar-refractivity contribution in [1.29, 1.82) is 0 Å². The van der Waals surface area contributed by atoms with Crippen LogP contribution < -0.4 is 0 Å². The molecule has 0 aromatic rings. The lowest BCUT2D eigenvalue weighted by atomic mass is 11.3. The van der Waals surface area contributed by atoms with Crippen LogP contribution in [0.25, 0.3) is 0 Å². The average Bonchev–Trinajstić information content (AvgIpc) is 1.86. The second kappa shape index (κ2) is 1.14. The number of aliphatic hydroxyl groups excluding tert-OH is 1. The number of nitrogens with zero attached hydrogens (tertiary/aromatic N) is 1. The van der Waals surface area contributed by atoms with E-state index < -0.39 is 6.48 Å². The van der Waals surface area contributed by atoms with Crippen molar-refractivity contribution in [3.8, 4) is 0 Å². The largest absolute Gasteiger partial charge is 0.417 e. The van der Waals surface area contributed by atoms with Gasteiger partial charge >= 0.3 is 6.48 Å². The summed E-state index contributed by atoms with van der Waals surface area (Å²) in [6, 6.07) is 0. The Balaban J connectivity index is 2.32. The molecule has 0 radical (unpaired) electrons. The van der Waals surface area contributed by atoms with Crippen LogP contribution >= 0.6 is 0 Å². The van der Waals surface area contributed by atoms with E-state index in [1.807, 2.05) is 0 Å². The maximum atomic E-state index is 8.16. The maximum absolute atomic E-state index is 8.16. The Morgan fingerprint density at radius 1 is 1.83 bits per heavy atom. The quantitative estimate of drug-likeness (QED) is 0.425. The predicted octanol–water partition coefficient (Wildman–Crippen LogP) is -0.748. The first-order chi connectivity index (χ1) is 2.89. The molecule has 0 saturated carbocycles. The van der Waals surface area contributed by atoms with Gasteiger partial charge in [0.05, 0.1) is 0 Å². The molecule has 0 fully saturated rings. The van der Waals surface area contributed by atoms with E-state index in [9.17, 15) is 0 Å². The van der Waals surface area contributed by atoms with Gasteiger partial charge in [-0.05, 0) is 5.16 Å². The molecule has 0 aliphatic carbocycles. The van der Waals surface area contributed by atoms with Gasteiger partial charge in [-0.1, -0.05) is 0 Å². The zero-order valence-corrected chi connectivity index (χ0v) is 2.87. The van der Waals surface area contributed by atoms with Gasteiger partial charge in [-0.15, -0.1) is 0 Å². The van der Waals surface area contributed by atoms with Crippen molar-refractivity contribution >= 4 is 6.40 Å². The summed E-state index contributed by atoms with van der Waals surface area (Å²) in [4.78, 5) is 4.06. The third kappa shape index (κ3) is 0.414. The topological polar surface area (TPSA) is 51.0 Å². The fourth-order valence-electron chi connectivity index (χ4n) is 0.179. The standard InChI is InChI=1S/C2H3NO3/c4-2-5-1-3-6-2/h1-2,4H. The van der Waals surface area contributed by atoms with E-state index in [1.165, 1.54) is 0 Å². The number of oxime groups is 1. The van der Waals surface area contributed by atoms with Crippen molar-refractivity contribution in [1.82, 2.24) is 0 Å². The van der Waals surface area contributed by atoms with Gasteiger partial charge in [0.2, 0.25) is 6.40 Å². The highest BCUT2D eigenvalue weighted by Gasteiger charge is 2.05. The molecule has 0 aromatic heterocycles. The molecule has 0 bridgehead atoms. The Hall–Kier alpha value is -0.770. The van der Waals surface area contributed by atoms with Gasteiger partial charge < -0.3 is 14.7 Å². The van der Waals surface area contributed by atoms with Crippen LogP contribution in [-0.4, -0.2) is 18.0 Å². The molecule has 1 N–H and O–H groups in total. The van der Waals surface area contributed by atoms with Crippen LogP contribution in [0.3, 0.4) is 0 Å². The predicted molar refractivity (Wildman–Crippen MR) is 16.7 cm³/mol. The Morgan fingerprint density at radius 3 is 2.83 bits per heavy atom. The molecule has 1 rings (SSSR count). The molecular formula is C2H3NO3. The Bertz CT molecular complexity index is 63.2. The summed E-state index contributed by atoms with van der Waals surface area (Å²) in [5.41, 5.74) is 0. The molecule has 1 aliphatic heterocycles. The summed E-state index contributed by atoms with van der Waals surface area (Å²) in [6.45, 7) is -1.18. The molecular weight excluding hydrogens is 86.0 g/mol. The zero-order valence-electron chi connectivity index (χ0n) is 2.87. The lowest BCUT2D eigenvalue weighted by Gasteiger charge is -1.93. The number of ether oxygens (including phenoxy) is 1. The van der Waals surface area contributed by atoms with Crippen LogP contribution in [0.5, 0.6) is 0 Å². The molecule has 1 unspecified atom stereocenters. The number of rotatable bonds is 0. The van der Waals surface area contributed by atoms with Crippen LogP contribution in [-0.2, 0) is 9.57 Å². The summed E-state index contributed by atoms with van der Waals surface area (Å²) in [5.74, 6) is 0. The second-order valence-corrected chi connectivity index (χ2v) is 0.759. The first-order valence-corrected chi connectivity index (χ1v) is 1.41. The summed E-state index contributed by atoms with van der Waals surface area (Å²) in [5, 5.41) is 11.2. The van der Waals surface area contributed by atoms with Crippen molar-refractivity contribution in [2.45, 2.75) is 6.48 Å². The van der Waals surface area contributed by atoms with Gasteiger partial charge in [0.15, 0.2) is 0 Å². The first kappa shape index (κ1) is 3.42. The molecule has 1 atom stereocenters. The second-order valence-electron chi connectivity index (χ2n) is 0.759. The Kier molecular flexibility index (Phi) is 0.648. The summed E-state index contributed by atoms with van der Waals surface area (Å²) < 4.78 is 4.19. The number of aliphatic hydroxyl groups is 1. The minimum absolute atomic E-state index is 1.03. The van der Waals surface area contributed by atoms with Crippen LogP contribution in [0.2, 0.25) is 0 Å². The molecule has 4 heteroatoms. The van der Waals surface area contributed by atoms with E-state index in [0.717, 1.165) is 6.40 Å². The molecule has 1 heterocycles. The lowest BCUT2D eigenvalue weighted by molar-refractivity contribution is -0.195. The van der Waals surface area contributed by atoms with Gasteiger partial charge in [-0.2, -0.15) is 0 Å². The molecule has 0 aromatic carbocycles. The van der Waals surface area contributed by atoms with Crippen molar-refractivity contribution in [2.75, 3.05) is 0 Å². The normalized spacial score (nSPS) is 29.2. The molecule has 1 aliphatic rings. The van der Waals surface area contributed by atoms with Gasteiger partial charge in [0.25, 0.3) is 0 Å². The molecule has 0 amide bonds. The third-order valence-electron chi connectivity index (χ3n) is 0.371. The highest BCUT2D eigenvalue weighted by Crippen LogP contribution is 1.93. The smallest absolute Gasteiger partial charge is 0.381 e. The first-order valence-electron chi connectivity index (χ1n) is 1.41. The van der Waals surface area contributed by atoms with Gasteiger partial charge in [-0.25, -0.2) is 0 Å². The third-order valence-corrected chi connectivity index (χ3v) is 0.371. The molecule has 4 nitrogen and oxygen atoms in total. The van der Waals surface area contributed by atoms with Gasteiger partial charge in [0.1, 0.15) is 0 Å². The van der Waals surface area contributed by atoms with E-state index in [-0.39, 0.29) is 0 Å². The SMILES string of the molecule is OC1OC=NO1. The minimum Gasteiger partial charge on any atom is -0.417 e. The zero-order chi connectivity index (χ0) is 4.41. The molecule has 0 spiro atoms. The van der Waals surface area contributed by atoms with E-state index in [1.54, 1.807) is 0 Å². The van der Waals surface area contributed by atoms with E-state index in [2.05, 4.69) is 14.7 Å². The van der Waals surface area contributed by atoms with Crippen LogP contribution in [0.1, 0.15) is 0 Å². The number of hydrogen-bond donors (Lipinski definition) is 1. The molecule has 6 heavy (non-hydrogen) atoms. The van der Waals surface area contributed by atoms with E-state index >= 15 is 0 Å². The van der Waals surface area contributed by atoms with Gasteiger partial charge in [-0.3, -0.25) is 0 Å². The van der Waals surface area contributed by atoms with Crippen molar-refractivity contribution in [2.24, 2.45) is 5.16 Å². The fraction of sp³-hybridized carbons (Fsp3) is 0.500. The maximum Gasteiger partial charge on any atom is 0.381 e. The summed E-state index contributed by atoms with van der Waals surface area (Å²) >= 11 is 0. The van der Waals surface area contributed by atoms with Crippen LogP contribution in [0.15, 0.2) is 5.16 Å². The Labute approximate surface area is 34.0 Å². The van der Waals surface area contributed by atoms with Gasteiger partial charge in [0, 0.05) is 0 Å². The van der Waals surface area contributed by atoms with Crippen LogP contribution in [0.4, 0.5) is 0 Å². The van der Waals surface area contributed by atoms with Crippen molar-refractivity contribution in [3.05, 3.63) is 0 Å².